The maximum absolute atomic E-state index is 11.7. The molecular weight excluding hydrogens is 297 g/mol. The van der Waals surface area contributed by atoms with Crippen LogP contribution in [0.4, 0.5) is 0 Å². The van der Waals surface area contributed by atoms with Crippen molar-refractivity contribution in [3.63, 3.8) is 0 Å². The molecule has 20 heavy (non-hydrogen) atoms. The van der Waals surface area contributed by atoms with Crippen LogP contribution in [0.2, 0.25) is 0 Å². The molecule has 2 fully saturated rings. The molecule has 0 aromatic rings. The van der Waals surface area contributed by atoms with Crippen LogP contribution in [0, 0.1) is 5.92 Å². The first-order valence-corrected chi connectivity index (χ1v) is 7.46. The summed E-state index contributed by atoms with van der Waals surface area (Å²) in [6, 6.07) is 0.417. The summed E-state index contributed by atoms with van der Waals surface area (Å²) in [4.78, 5) is 14.2. The van der Waals surface area contributed by atoms with Gasteiger partial charge in [0.1, 0.15) is 0 Å². The topological polar surface area (TPSA) is 44.4 Å². The highest BCUT2D eigenvalue weighted by Crippen LogP contribution is 2.14. The van der Waals surface area contributed by atoms with Crippen LogP contribution in [-0.4, -0.2) is 49.6 Å². The first kappa shape index (κ1) is 20.0. The van der Waals surface area contributed by atoms with Crippen molar-refractivity contribution in [2.45, 2.75) is 45.1 Å². The second-order valence-corrected chi connectivity index (χ2v) is 5.90. The van der Waals surface area contributed by atoms with Crippen molar-refractivity contribution >= 4 is 30.7 Å². The normalized spacial score (nSPS) is 26.4. The number of hydrogen-bond donors (Lipinski definition) is 2. The summed E-state index contributed by atoms with van der Waals surface area (Å²) in [7, 11) is 0. The van der Waals surface area contributed by atoms with E-state index in [2.05, 4.69) is 22.5 Å². The minimum Gasteiger partial charge on any atom is -0.355 e. The lowest BCUT2D eigenvalue weighted by atomic mass is 10.0. The Morgan fingerprint density at radius 1 is 1.30 bits per heavy atom. The fraction of sp³-hybridized carbons (Fsp3) is 0.929. The number of amides is 1. The van der Waals surface area contributed by atoms with Crippen molar-refractivity contribution in [3.8, 4) is 0 Å². The number of halogens is 2. The Balaban J connectivity index is 0.00000180. The van der Waals surface area contributed by atoms with E-state index in [1.807, 2.05) is 0 Å². The molecule has 0 aliphatic carbocycles. The van der Waals surface area contributed by atoms with Crippen LogP contribution in [0.25, 0.3) is 0 Å². The van der Waals surface area contributed by atoms with E-state index in [1.54, 1.807) is 0 Å². The van der Waals surface area contributed by atoms with Crippen molar-refractivity contribution in [2.75, 3.05) is 32.7 Å². The van der Waals surface area contributed by atoms with Gasteiger partial charge in [-0.15, -0.1) is 24.8 Å². The first-order valence-electron chi connectivity index (χ1n) is 7.46. The fourth-order valence-electron chi connectivity index (χ4n) is 3.07. The molecule has 4 nitrogen and oxygen atoms in total. The zero-order chi connectivity index (χ0) is 12.8. The second-order valence-electron chi connectivity index (χ2n) is 5.90. The summed E-state index contributed by atoms with van der Waals surface area (Å²) in [5.74, 6) is 1.02. The van der Waals surface area contributed by atoms with E-state index in [0.29, 0.717) is 12.5 Å². The molecule has 2 rings (SSSR count). The van der Waals surface area contributed by atoms with Gasteiger partial charge in [0.05, 0.1) is 0 Å². The van der Waals surface area contributed by atoms with Crippen LogP contribution >= 0.6 is 24.8 Å². The van der Waals surface area contributed by atoms with Crippen LogP contribution < -0.4 is 10.6 Å². The van der Waals surface area contributed by atoms with Gasteiger partial charge in [0.2, 0.25) is 5.91 Å². The van der Waals surface area contributed by atoms with Crippen molar-refractivity contribution in [3.05, 3.63) is 0 Å². The molecule has 6 heteroatoms. The number of nitrogens with zero attached hydrogens (tertiary/aromatic N) is 1. The van der Waals surface area contributed by atoms with Crippen LogP contribution in [0.1, 0.15) is 39.0 Å². The molecule has 2 saturated heterocycles. The standard InChI is InChI=1S/C14H27N3O.2ClH/c1-12-4-3-8-17(11-12)9-7-16-14(18)10-13-5-2-6-15-13;;/h12-13,15H,2-11H2,1H3,(H,16,18);2*1H. The number of carbonyl (C=O) groups is 1. The SMILES string of the molecule is CC1CCCN(CCNC(=O)CC2CCCN2)C1.Cl.Cl. The van der Waals surface area contributed by atoms with Crippen LogP contribution in [0.5, 0.6) is 0 Å². The Morgan fingerprint density at radius 2 is 2.10 bits per heavy atom. The fourth-order valence-corrected chi connectivity index (χ4v) is 3.07. The molecule has 0 radical (unpaired) electrons. The Kier molecular flexibility index (Phi) is 10.6. The van der Waals surface area contributed by atoms with Gasteiger partial charge in [0.25, 0.3) is 0 Å². The summed E-state index contributed by atoms with van der Waals surface area (Å²) in [6.07, 6.45) is 5.67. The maximum Gasteiger partial charge on any atom is 0.221 e. The highest BCUT2D eigenvalue weighted by Gasteiger charge is 2.18. The van der Waals surface area contributed by atoms with Crippen molar-refractivity contribution in [1.29, 1.82) is 0 Å². The highest BCUT2D eigenvalue weighted by atomic mass is 35.5. The lowest BCUT2D eigenvalue weighted by molar-refractivity contribution is -0.121. The number of rotatable bonds is 5. The van der Waals surface area contributed by atoms with Gasteiger partial charge in [0.15, 0.2) is 0 Å². The van der Waals surface area contributed by atoms with Crippen LogP contribution in [0.3, 0.4) is 0 Å². The molecule has 0 aromatic carbocycles. The van der Waals surface area contributed by atoms with Gasteiger partial charge in [-0.1, -0.05) is 6.92 Å². The lowest BCUT2D eigenvalue weighted by Gasteiger charge is -2.30. The Bertz CT molecular complexity index is 273. The van der Waals surface area contributed by atoms with Crippen molar-refractivity contribution in [2.24, 2.45) is 5.92 Å². The predicted molar refractivity (Wildman–Crippen MR) is 88.0 cm³/mol. The third-order valence-corrected chi connectivity index (χ3v) is 4.09. The van der Waals surface area contributed by atoms with E-state index in [-0.39, 0.29) is 30.7 Å². The minimum atomic E-state index is 0. The summed E-state index contributed by atoms with van der Waals surface area (Å²) < 4.78 is 0. The number of piperidine rings is 1. The maximum atomic E-state index is 11.7. The molecule has 0 aromatic heterocycles. The zero-order valence-corrected chi connectivity index (χ0v) is 14.0. The summed E-state index contributed by atoms with van der Waals surface area (Å²) in [6.45, 7) is 7.59. The van der Waals surface area contributed by atoms with Gasteiger partial charge in [-0.05, 0) is 44.7 Å². The first-order chi connectivity index (χ1) is 8.74. The Morgan fingerprint density at radius 3 is 2.75 bits per heavy atom. The molecule has 2 aliphatic rings. The monoisotopic (exact) mass is 325 g/mol. The van der Waals surface area contributed by atoms with Crippen molar-refractivity contribution in [1.82, 2.24) is 15.5 Å². The highest BCUT2D eigenvalue weighted by molar-refractivity contribution is 5.85. The Hall–Kier alpha value is -0.0300. The predicted octanol–water partition coefficient (Wildman–Crippen LogP) is 1.82. The third-order valence-electron chi connectivity index (χ3n) is 4.09. The summed E-state index contributed by atoms with van der Waals surface area (Å²) in [5.41, 5.74) is 0. The van der Waals surface area contributed by atoms with Gasteiger partial charge >= 0.3 is 0 Å². The van der Waals surface area contributed by atoms with Gasteiger partial charge in [-0.2, -0.15) is 0 Å². The van der Waals surface area contributed by atoms with Gasteiger partial charge < -0.3 is 15.5 Å². The minimum absolute atomic E-state index is 0. The van der Waals surface area contributed by atoms with Crippen molar-refractivity contribution < 1.29 is 4.79 Å². The molecule has 120 valence electrons. The van der Waals surface area contributed by atoms with Crippen LogP contribution in [-0.2, 0) is 4.79 Å². The van der Waals surface area contributed by atoms with E-state index < -0.39 is 0 Å². The smallest absolute Gasteiger partial charge is 0.221 e. The van der Waals surface area contributed by atoms with E-state index in [0.717, 1.165) is 32.0 Å². The van der Waals surface area contributed by atoms with E-state index >= 15 is 0 Å². The number of likely N-dealkylation sites (tertiary alicyclic amines) is 1. The molecular formula is C14H29Cl2N3O. The molecule has 2 atom stereocenters. The lowest BCUT2D eigenvalue weighted by Crippen LogP contribution is -2.41. The molecule has 2 aliphatic heterocycles. The molecule has 2 unspecified atom stereocenters. The van der Waals surface area contributed by atoms with Crippen LogP contribution in [0.15, 0.2) is 0 Å². The average molecular weight is 326 g/mol. The molecule has 2 heterocycles. The summed E-state index contributed by atoms with van der Waals surface area (Å²) in [5, 5.41) is 6.41. The molecule has 0 bridgehead atoms. The molecule has 1 amide bonds. The number of carbonyl (C=O) groups excluding carboxylic acids is 1. The van der Waals surface area contributed by atoms with Gasteiger partial charge in [-0.25, -0.2) is 0 Å². The largest absolute Gasteiger partial charge is 0.355 e. The number of nitrogens with one attached hydrogen (secondary N) is 2. The van der Waals surface area contributed by atoms with E-state index in [9.17, 15) is 4.79 Å². The van der Waals surface area contributed by atoms with E-state index in [4.69, 9.17) is 0 Å². The Labute approximate surface area is 135 Å². The number of hydrogen-bond acceptors (Lipinski definition) is 3. The van der Waals surface area contributed by atoms with E-state index in [1.165, 1.54) is 32.4 Å². The molecule has 0 spiro atoms. The quantitative estimate of drug-likeness (QED) is 0.810. The van der Waals surface area contributed by atoms with Gasteiger partial charge in [0, 0.05) is 32.1 Å². The molecule has 2 N–H and O–H groups in total. The average Bonchev–Trinajstić information content (AvgIpc) is 2.82. The zero-order valence-electron chi connectivity index (χ0n) is 12.4. The molecule has 0 saturated carbocycles. The summed E-state index contributed by atoms with van der Waals surface area (Å²) >= 11 is 0. The van der Waals surface area contributed by atoms with Gasteiger partial charge in [-0.3, -0.25) is 4.79 Å². The third kappa shape index (κ3) is 7.11. The second kappa shape index (κ2) is 10.7.